The molecule has 0 amide bonds. The number of aryl methyl sites for hydroxylation is 1. The normalized spacial score (nSPS) is 27.7. The topological polar surface area (TPSA) is 55.3 Å². The van der Waals surface area contributed by atoms with Crippen molar-refractivity contribution in [2.24, 2.45) is 4.99 Å². The summed E-state index contributed by atoms with van der Waals surface area (Å²) in [4.78, 5) is 6.78. The van der Waals surface area contributed by atoms with Crippen LogP contribution in [0.15, 0.2) is 29.3 Å². The van der Waals surface area contributed by atoms with Crippen molar-refractivity contribution in [2.75, 3.05) is 46.5 Å². The molecule has 0 radical (unpaired) electrons. The zero-order valence-electron chi connectivity index (χ0n) is 17.6. The number of rotatable bonds is 6. The van der Waals surface area contributed by atoms with E-state index in [4.69, 9.17) is 14.2 Å². The lowest BCUT2D eigenvalue weighted by atomic mass is 9.89. The SMILES string of the molecule is CN=C(NCCCOC1CCCc2ccccc21)N1CCOC(C2CCCO2)C1. The second kappa shape index (κ2) is 10.4. The van der Waals surface area contributed by atoms with Crippen molar-refractivity contribution in [1.82, 2.24) is 10.2 Å². The Balaban J connectivity index is 1.19. The van der Waals surface area contributed by atoms with Crippen molar-refractivity contribution >= 4 is 5.96 Å². The average Bonchev–Trinajstić information content (AvgIpc) is 3.31. The fourth-order valence-electron chi connectivity index (χ4n) is 4.70. The molecule has 3 unspecified atom stereocenters. The number of hydrogen-bond donors (Lipinski definition) is 1. The zero-order valence-corrected chi connectivity index (χ0v) is 17.6. The highest BCUT2D eigenvalue weighted by molar-refractivity contribution is 5.80. The Morgan fingerprint density at radius 3 is 2.93 bits per heavy atom. The van der Waals surface area contributed by atoms with Crippen molar-refractivity contribution < 1.29 is 14.2 Å². The number of ether oxygens (including phenoxy) is 3. The van der Waals surface area contributed by atoms with E-state index in [0.717, 1.165) is 71.1 Å². The minimum Gasteiger partial charge on any atom is -0.375 e. The van der Waals surface area contributed by atoms with Gasteiger partial charge in [-0.15, -0.1) is 0 Å². The fourth-order valence-corrected chi connectivity index (χ4v) is 4.70. The lowest BCUT2D eigenvalue weighted by molar-refractivity contribution is -0.0817. The van der Waals surface area contributed by atoms with E-state index >= 15 is 0 Å². The summed E-state index contributed by atoms with van der Waals surface area (Å²) in [6.45, 7) is 4.95. The van der Waals surface area contributed by atoms with Crippen LogP contribution in [0.4, 0.5) is 0 Å². The van der Waals surface area contributed by atoms with Gasteiger partial charge in [-0.2, -0.15) is 0 Å². The van der Waals surface area contributed by atoms with E-state index in [-0.39, 0.29) is 18.3 Å². The number of morpholine rings is 1. The van der Waals surface area contributed by atoms with Crippen LogP contribution in [0.1, 0.15) is 49.3 Å². The molecule has 6 heteroatoms. The average molecular weight is 402 g/mol. The molecule has 29 heavy (non-hydrogen) atoms. The third kappa shape index (κ3) is 5.30. The zero-order chi connectivity index (χ0) is 19.9. The molecular formula is C23H35N3O3. The third-order valence-electron chi connectivity index (χ3n) is 6.22. The minimum atomic E-state index is 0.152. The van der Waals surface area contributed by atoms with Crippen molar-refractivity contribution in [2.45, 2.75) is 56.8 Å². The first kappa shape index (κ1) is 20.6. The number of aliphatic imine (C=N–C) groups is 1. The van der Waals surface area contributed by atoms with E-state index in [0.29, 0.717) is 0 Å². The van der Waals surface area contributed by atoms with Gasteiger partial charge in [0.05, 0.1) is 18.8 Å². The molecule has 1 N–H and O–H groups in total. The molecule has 1 aromatic carbocycles. The predicted octanol–water partition coefficient (Wildman–Crippen LogP) is 2.93. The van der Waals surface area contributed by atoms with Crippen LogP contribution in [-0.2, 0) is 20.6 Å². The van der Waals surface area contributed by atoms with Crippen molar-refractivity contribution in [3.63, 3.8) is 0 Å². The maximum absolute atomic E-state index is 6.22. The Kier molecular flexibility index (Phi) is 7.41. The molecule has 0 saturated carbocycles. The van der Waals surface area contributed by atoms with Gasteiger partial charge in [0.2, 0.25) is 0 Å². The van der Waals surface area contributed by atoms with E-state index in [9.17, 15) is 0 Å². The molecule has 2 saturated heterocycles. The fraction of sp³-hybridized carbons (Fsp3) is 0.696. The molecule has 2 heterocycles. The summed E-state index contributed by atoms with van der Waals surface area (Å²) in [5.41, 5.74) is 2.84. The van der Waals surface area contributed by atoms with Crippen molar-refractivity contribution in [1.29, 1.82) is 0 Å². The summed E-state index contributed by atoms with van der Waals surface area (Å²) in [7, 11) is 1.86. The van der Waals surface area contributed by atoms with Gasteiger partial charge in [0.1, 0.15) is 6.10 Å². The minimum absolute atomic E-state index is 0.152. The highest BCUT2D eigenvalue weighted by Gasteiger charge is 2.32. The molecule has 6 nitrogen and oxygen atoms in total. The van der Waals surface area contributed by atoms with Gasteiger partial charge in [-0.3, -0.25) is 4.99 Å². The van der Waals surface area contributed by atoms with Gasteiger partial charge in [0.15, 0.2) is 5.96 Å². The van der Waals surface area contributed by atoms with Gasteiger partial charge in [0.25, 0.3) is 0 Å². The molecule has 4 rings (SSSR count). The molecule has 0 aromatic heterocycles. The molecule has 2 fully saturated rings. The largest absolute Gasteiger partial charge is 0.375 e. The quantitative estimate of drug-likeness (QED) is 0.451. The smallest absolute Gasteiger partial charge is 0.193 e. The van der Waals surface area contributed by atoms with Crippen LogP contribution in [0.2, 0.25) is 0 Å². The number of hydrogen-bond acceptors (Lipinski definition) is 4. The summed E-state index contributed by atoms with van der Waals surface area (Å²) in [5, 5.41) is 3.51. The van der Waals surface area contributed by atoms with Crippen LogP contribution in [0.3, 0.4) is 0 Å². The Morgan fingerprint density at radius 1 is 1.17 bits per heavy atom. The first-order valence-electron chi connectivity index (χ1n) is 11.2. The predicted molar refractivity (Wildman–Crippen MR) is 114 cm³/mol. The van der Waals surface area contributed by atoms with Crippen LogP contribution in [-0.4, -0.2) is 69.6 Å². The van der Waals surface area contributed by atoms with E-state index in [2.05, 4.69) is 39.5 Å². The second-order valence-electron chi connectivity index (χ2n) is 8.18. The number of nitrogens with one attached hydrogen (secondary N) is 1. The number of guanidine groups is 1. The summed E-state index contributed by atoms with van der Waals surface area (Å²) in [6, 6.07) is 8.72. The lowest BCUT2D eigenvalue weighted by Gasteiger charge is -2.37. The summed E-state index contributed by atoms with van der Waals surface area (Å²) in [6.07, 6.45) is 7.39. The Morgan fingerprint density at radius 2 is 2.07 bits per heavy atom. The second-order valence-corrected chi connectivity index (χ2v) is 8.18. The molecule has 0 spiro atoms. The van der Waals surface area contributed by atoms with Crippen LogP contribution < -0.4 is 5.32 Å². The first-order valence-corrected chi connectivity index (χ1v) is 11.2. The number of nitrogens with zero attached hydrogens (tertiary/aromatic N) is 2. The van der Waals surface area contributed by atoms with Gasteiger partial charge >= 0.3 is 0 Å². The van der Waals surface area contributed by atoms with E-state index in [1.54, 1.807) is 0 Å². The summed E-state index contributed by atoms with van der Waals surface area (Å²) < 4.78 is 18.0. The molecular weight excluding hydrogens is 366 g/mol. The van der Waals surface area contributed by atoms with Crippen LogP contribution >= 0.6 is 0 Å². The van der Waals surface area contributed by atoms with Crippen molar-refractivity contribution in [3.05, 3.63) is 35.4 Å². The van der Waals surface area contributed by atoms with Gasteiger partial charge < -0.3 is 24.4 Å². The molecule has 2 aliphatic heterocycles. The highest BCUT2D eigenvalue weighted by Crippen LogP contribution is 2.32. The third-order valence-corrected chi connectivity index (χ3v) is 6.22. The molecule has 0 bridgehead atoms. The number of benzene rings is 1. The van der Waals surface area contributed by atoms with Gasteiger partial charge in [0, 0.05) is 39.9 Å². The van der Waals surface area contributed by atoms with Crippen LogP contribution in [0.5, 0.6) is 0 Å². The van der Waals surface area contributed by atoms with Crippen LogP contribution in [0, 0.1) is 0 Å². The summed E-state index contributed by atoms with van der Waals surface area (Å²) >= 11 is 0. The summed E-state index contributed by atoms with van der Waals surface area (Å²) in [5.74, 6) is 0.958. The first-order chi connectivity index (χ1) is 14.3. The maximum atomic E-state index is 6.22. The van der Waals surface area contributed by atoms with E-state index in [1.165, 1.54) is 24.0 Å². The molecule has 3 aliphatic rings. The van der Waals surface area contributed by atoms with Gasteiger partial charge in [-0.25, -0.2) is 0 Å². The monoisotopic (exact) mass is 401 g/mol. The maximum Gasteiger partial charge on any atom is 0.193 e. The lowest BCUT2D eigenvalue weighted by Crippen LogP contribution is -2.53. The van der Waals surface area contributed by atoms with Gasteiger partial charge in [-0.1, -0.05) is 24.3 Å². The molecule has 1 aliphatic carbocycles. The Bertz CT molecular complexity index is 675. The van der Waals surface area contributed by atoms with E-state index in [1.807, 2.05) is 7.05 Å². The molecule has 3 atom stereocenters. The Labute approximate surface area is 174 Å². The standard InChI is InChI=1S/C23H35N3O3/c1-24-23(26-13-16-29-22(17-26)21-11-5-14-28-21)25-12-6-15-27-20-10-4-8-18-7-2-3-9-19(18)20/h2-3,7,9,20-22H,4-6,8,10-17H2,1H3,(H,24,25). The van der Waals surface area contributed by atoms with Crippen molar-refractivity contribution in [3.8, 4) is 0 Å². The van der Waals surface area contributed by atoms with E-state index < -0.39 is 0 Å². The number of fused-ring (bicyclic) bond motifs is 1. The van der Waals surface area contributed by atoms with Crippen LogP contribution in [0.25, 0.3) is 0 Å². The Hall–Kier alpha value is -1.63. The highest BCUT2D eigenvalue weighted by atomic mass is 16.5. The van der Waals surface area contributed by atoms with Gasteiger partial charge in [-0.05, 0) is 49.7 Å². The molecule has 160 valence electrons. The molecule has 1 aromatic rings.